The van der Waals surface area contributed by atoms with E-state index in [9.17, 15) is 13.2 Å². The van der Waals surface area contributed by atoms with Gasteiger partial charge in [-0.2, -0.15) is 8.42 Å². The molecule has 0 amide bonds. The minimum absolute atomic E-state index is 0.192. The Morgan fingerprint density at radius 3 is 2.34 bits per heavy atom. The molecule has 5 rings (SSSR count). The molecule has 2 aromatic heterocycles. The van der Waals surface area contributed by atoms with Gasteiger partial charge in [-0.15, -0.1) is 27.1 Å². The van der Waals surface area contributed by atoms with E-state index in [2.05, 4.69) is 8.96 Å². The van der Waals surface area contributed by atoms with Gasteiger partial charge in [-0.05, 0) is 66.2 Å². The van der Waals surface area contributed by atoms with Crippen molar-refractivity contribution in [3.05, 3.63) is 87.9 Å². The first kappa shape index (κ1) is 23.7. The molecule has 0 bridgehead atoms. The zero-order valence-corrected chi connectivity index (χ0v) is 21.3. The molecular formula is C26H24N2O4S3. The maximum absolute atomic E-state index is 12.9. The number of benzene rings is 2. The minimum Gasteiger partial charge on any atom is -0.423 e. The third-order valence-electron chi connectivity index (χ3n) is 6.00. The van der Waals surface area contributed by atoms with Gasteiger partial charge >= 0.3 is 5.97 Å². The molecule has 0 spiro atoms. The molecule has 0 N–H and O–H groups in total. The molecule has 1 fully saturated rings. The van der Waals surface area contributed by atoms with Crippen molar-refractivity contribution < 1.29 is 17.9 Å². The third kappa shape index (κ3) is 5.32. The quantitative estimate of drug-likeness (QED) is 0.219. The highest BCUT2D eigenvalue weighted by atomic mass is 32.2. The highest BCUT2D eigenvalue weighted by Crippen LogP contribution is 2.33. The summed E-state index contributed by atoms with van der Waals surface area (Å²) in [5.74, 6) is 0.0401. The molecule has 0 atom stereocenters. The summed E-state index contributed by atoms with van der Waals surface area (Å²) in [6, 6.07) is 19.7. The Morgan fingerprint density at radius 1 is 0.914 bits per heavy atom. The Kier molecular flexibility index (Phi) is 6.99. The molecule has 1 aliphatic carbocycles. The van der Waals surface area contributed by atoms with Gasteiger partial charge in [0.15, 0.2) is 0 Å². The lowest BCUT2D eigenvalue weighted by atomic mass is 9.95. The summed E-state index contributed by atoms with van der Waals surface area (Å²) in [4.78, 5) is 12.9. The molecular weight excluding hydrogens is 500 g/mol. The van der Waals surface area contributed by atoms with Crippen LogP contribution in [-0.2, 0) is 10.0 Å². The van der Waals surface area contributed by atoms with Crippen molar-refractivity contribution in [3.63, 3.8) is 0 Å². The third-order valence-corrected chi connectivity index (χ3v) is 9.59. The van der Waals surface area contributed by atoms with E-state index in [-0.39, 0.29) is 10.3 Å². The Balaban J connectivity index is 1.49. The van der Waals surface area contributed by atoms with Crippen molar-refractivity contribution in [2.45, 2.75) is 42.4 Å². The van der Waals surface area contributed by atoms with Crippen LogP contribution in [0.4, 0.5) is 0 Å². The fourth-order valence-electron chi connectivity index (χ4n) is 4.28. The van der Waals surface area contributed by atoms with E-state index in [0.29, 0.717) is 16.1 Å². The summed E-state index contributed by atoms with van der Waals surface area (Å²) in [6.45, 7) is 0. The predicted molar refractivity (Wildman–Crippen MR) is 138 cm³/mol. The topological polar surface area (TPSA) is 77.7 Å². The van der Waals surface area contributed by atoms with Crippen LogP contribution in [0.2, 0.25) is 0 Å². The fourth-order valence-corrected chi connectivity index (χ4v) is 7.42. The first-order valence-electron chi connectivity index (χ1n) is 11.4. The summed E-state index contributed by atoms with van der Waals surface area (Å²) in [5, 5.41) is 3.70. The van der Waals surface area contributed by atoms with Crippen LogP contribution in [0.5, 0.6) is 5.75 Å². The number of carbonyl (C=O) groups excluding carboxylic acids is 1. The second-order valence-electron chi connectivity index (χ2n) is 8.34. The lowest BCUT2D eigenvalue weighted by Crippen LogP contribution is -2.24. The maximum Gasteiger partial charge on any atom is 0.343 e. The number of aromatic nitrogens is 1. The van der Waals surface area contributed by atoms with Gasteiger partial charge < -0.3 is 9.30 Å². The molecule has 0 unspecified atom stereocenters. The standard InChI is InChI=1S/C26H24N2O4S3/c29-25(20-8-3-1-4-9-20)32-22-15-13-19(14-16-22)23-18-34-26(28(23)21-10-5-2-6-11-21)27-35(30,31)24-12-7-17-33-24/h1,3-4,7-9,12-18,21H,2,5-6,10-11H2/b27-26+. The normalized spacial score (nSPS) is 15.3. The van der Waals surface area contributed by atoms with E-state index in [4.69, 9.17) is 4.74 Å². The van der Waals surface area contributed by atoms with E-state index in [1.165, 1.54) is 29.1 Å². The van der Waals surface area contributed by atoms with E-state index in [1.807, 2.05) is 23.6 Å². The van der Waals surface area contributed by atoms with Crippen LogP contribution in [0.1, 0.15) is 48.5 Å². The first-order valence-corrected chi connectivity index (χ1v) is 14.6. The molecule has 2 aromatic carbocycles. The molecule has 0 radical (unpaired) electrons. The van der Waals surface area contributed by atoms with Gasteiger partial charge in [0.05, 0.1) is 11.3 Å². The number of nitrogens with zero attached hydrogens (tertiary/aromatic N) is 2. The van der Waals surface area contributed by atoms with Crippen molar-refractivity contribution in [2.75, 3.05) is 0 Å². The minimum atomic E-state index is -3.77. The largest absolute Gasteiger partial charge is 0.423 e. The summed E-state index contributed by atoms with van der Waals surface area (Å²) in [5.41, 5.74) is 2.33. The SMILES string of the molecule is O=C(Oc1ccc(-c2cs/c(=N/S(=O)(=O)c3cccs3)n2C2CCCCC2)cc1)c1ccccc1. The molecule has 6 nitrogen and oxygen atoms in total. The summed E-state index contributed by atoms with van der Waals surface area (Å²) < 4.78 is 37.9. The molecule has 2 heterocycles. The zero-order chi connectivity index (χ0) is 24.3. The zero-order valence-electron chi connectivity index (χ0n) is 18.9. The van der Waals surface area contributed by atoms with Gasteiger partial charge in [0.2, 0.25) is 4.80 Å². The molecule has 4 aromatic rings. The number of esters is 1. The van der Waals surface area contributed by atoms with E-state index >= 15 is 0 Å². The number of ether oxygens (including phenoxy) is 1. The lowest BCUT2D eigenvalue weighted by Gasteiger charge is -2.25. The van der Waals surface area contributed by atoms with Crippen LogP contribution in [0.15, 0.2) is 86.1 Å². The van der Waals surface area contributed by atoms with Gasteiger partial charge in [-0.3, -0.25) is 0 Å². The monoisotopic (exact) mass is 524 g/mol. The molecule has 1 aliphatic rings. The van der Waals surface area contributed by atoms with Crippen molar-refractivity contribution in [3.8, 4) is 17.0 Å². The number of rotatable bonds is 6. The van der Waals surface area contributed by atoms with Crippen LogP contribution in [-0.4, -0.2) is 19.0 Å². The Hall–Kier alpha value is -3.01. The molecule has 35 heavy (non-hydrogen) atoms. The second kappa shape index (κ2) is 10.3. The van der Waals surface area contributed by atoms with Gasteiger partial charge in [0, 0.05) is 11.4 Å². The van der Waals surface area contributed by atoms with Crippen LogP contribution >= 0.6 is 22.7 Å². The number of thiophene rings is 1. The Morgan fingerprint density at radius 2 is 1.66 bits per heavy atom. The van der Waals surface area contributed by atoms with Crippen molar-refractivity contribution in [1.82, 2.24) is 4.57 Å². The highest BCUT2D eigenvalue weighted by molar-refractivity contribution is 7.92. The fraction of sp³-hybridized carbons (Fsp3) is 0.231. The van der Waals surface area contributed by atoms with Crippen LogP contribution < -0.4 is 9.54 Å². The number of sulfonamides is 1. The molecule has 0 aliphatic heterocycles. The van der Waals surface area contributed by atoms with Gasteiger partial charge in [0.25, 0.3) is 10.0 Å². The first-order chi connectivity index (χ1) is 17.0. The molecule has 180 valence electrons. The van der Waals surface area contributed by atoms with Gasteiger partial charge in [-0.25, -0.2) is 4.79 Å². The van der Waals surface area contributed by atoms with Crippen molar-refractivity contribution in [2.24, 2.45) is 4.40 Å². The lowest BCUT2D eigenvalue weighted by molar-refractivity contribution is 0.0734. The predicted octanol–water partition coefficient (Wildman–Crippen LogP) is 6.29. The number of hydrogen-bond donors (Lipinski definition) is 0. The average molecular weight is 525 g/mol. The van der Waals surface area contributed by atoms with Crippen LogP contribution in [0, 0.1) is 0 Å². The van der Waals surface area contributed by atoms with Gasteiger partial charge in [-0.1, -0.05) is 43.5 Å². The van der Waals surface area contributed by atoms with Crippen molar-refractivity contribution in [1.29, 1.82) is 0 Å². The summed E-state index contributed by atoms with van der Waals surface area (Å²) >= 11 is 2.51. The summed E-state index contributed by atoms with van der Waals surface area (Å²) in [7, 11) is -3.77. The molecule has 0 saturated heterocycles. The summed E-state index contributed by atoms with van der Waals surface area (Å²) in [6.07, 6.45) is 5.39. The number of thiazole rings is 1. The average Bonchev–Trinajstić information content (AvgIpc) is 3.57. The van der Waals surface area contributed by atoms with Crippen LogP contribution in [0.3, 0.4) is 0 Å². The van der Waals surface area contributed by atoms with E-state index in [0.717, 1.165) is 36.9 Å². The van der Waals surface area contributed by atoms with E-state index < -0.39 is 16.0 Å². The van der Waals surface area contributed by atoms with Crippen molar-refractivity contribution >= 4 is 38.7 Å². The Bertz CT molecular complexity index is 1460. The molecule has 1 saturated carbocycles. The van der Waals surface area contributed by atoms with Gasteiger partial charge in [0.1, 0.15) is 9.96 Å². The van der Waals surface area contributed by atoms with E-state index in [1.54, 1.807) is 53.9 Å². The maximum atomic E-state index is 12.9. The van der Waals surface area contributed by atoms with Crippen LogP contribution in [0.25, 0.3) is 11.3 Å². The number of carbonyl (C=O) groups is 1. The highest BCUT2D eigenvalue weighted by Gasteiger charge is 2.22. The smallest absolute Gasteiger partial charge is 0.343 e. The number of hydrogen-bond acceptors (Lipinski definition) is 6. The Labute approximate surface area is 212 Å². The second-order valence-corrected chi connectivity index (χ2v) is 12.0. The molecule has 9 heteroatoms.